The zero-order valence-electron chi connectivity index (χ0n) is 19.1. The molecule has 3 aromatic rings. The summed E-state index contributed by atoms with van der Waals surface area (Å²) in [6.07, 6.45) is 0.697. The number of nitrogens with one attached hydrogen (secondary N) is 1. The van der Waals surface area contributed by atoms with Crippen LogP contribution in [0.4, 0.5) is 10.5 Å². The third kappa shape index (κ3) is 4.22. The van der Waals surface area contributed by atoms with Crippen LogP contribution >= 0.6 is 0 Å². The lowest BCUT2D eigenvalue weighted by Gasteiger charge is -2.31. The average molecular weight is 460 g/mol. The number of pyridine rings is 1. The van der Waals surface area contributed by atoms with E-state index in [1.54, 1.807) is 0 Å². The second-order valence-corrected chi connectivity index (χ2v) is 8.61. The summed E-state index contributed by atoms with van der Waals surface area (Å²) in [5, 5.41) is 11.9. The molecule has 2 N–H and O–H groups in total. The Morgan fingerprint density at radius 2 is 1.59 bits per heavy atom. The first kappa shape index (κ1) is 23.0. The number of hydrogen-bond acceptors (Lipinski definition) is 5. The van der Waals surface area contributed by atoms with Crippen LogP contribution in [-0.2, 0) is 9.53 Å². The number of benzene rings is 2. The number of aliphatic carboxylic acids is 1. The van der Waals surface area contributed by atoms with E-state index in [4.69, 9.17) is 4.74 Å². The molecule has 1 aliphatic rings. The smallest absolute Gasteiger partial charge is 0.411 e. The first-order chi connectivity index (χ1) is 16.2. The highest BCUT2D eigenvalue weighted by Crippen LogP contribution is 2.44. The van der Waals surface area contributed by atoms with Gasteiger partial charge < -0.3 is 14.7 Å². The van der Waals surface area contributed by atoms with E-state index < -0.39 is 23.5 Å². The fourth-order valence-electron chi connectivity index (χ4n) is 3.92. The minimum atomic E-state index is -1.39. The number of ether oxygens (including phenoxy) is 1. The van der Waals surface area contributed by atoms with Gasteiger partial charge in [-0.3, -0.25) is 10.1 Å². The van der Waals surface area contributed by atoms with Crippen molar-refractivity contribution in [1.29, 1.82) is 0 Å². The fourth-order valence-corrected chi connectivity index (χ4v) is 3.92. The molecule has 8 heteroatoms. The van der Waals surface area contributed by atoms with E-state index in [9.17, 15) is 19.5 Å². The second-order valence-electron chi connectivity index (χ2n) is 8.61. The average Bonchev–Trinajstić information content (AvgIpc) is 3.16. The van der Waals surface area contributed by atoms with Crippen LogP contribution < -0.4 is 5.32 Å². The number of aromatic nitrogens is 1. The number of nitrogens with zero attached hydrogens (tertiary/aromatic N) is 2. The minimum Gasteiger partial charge on any atom is -0.480 e. The maximum absolute atomic E-state index is 12.6. The van der Waals surface area contributed by atoms with E-state index in [0.717, 1.165) is 27.2 Å². The molecule has 0 radical (unpaired) electrons. The van der Waals surface area contributed by atoms with Crippen molar-refractivity contribution in [3.05, 3.63) is 83.7 Å². The van der Waals surface area contributed by atoms with Crippen LogP contribution in [0.2, 0.25) is 0 Å². The highest BCUT2D eigenvalue weighted by molar-refractivity contribution is 5.96. The summed E-state index contributed by atoms with van der Waals surface area (Å²) in [4.78, 5) is 41.6. The predicted octanol–water partition coefficient (Wildman–Crippen LogP) is 4.38. The molecule has 0 unspecified atom stereocenters. The molecule has 0 spiro atoms. The highest BCUT2D eigenvalue weighted by atomic mass is 16.5. The molecule has 1 aliphatic carbocycles. The van der Waals surface area contributed by atoms with Crippen LogP contribution in [0.15, 0.2) is 66.9 Å². The van der Waals surface area contributed by atoms with Gasteiger partial charge in [0.1, 0.15) is 17.8 Å². The van der Waals surface area contributed by atoms with Crippen molar-refractivity contribution in [2.45, 2.75) is 25.3 Å². The largest absolute Gasteiger partial charge is 0.480 e. The van der Waals surface area contributed by atoms with Crippen LogP contribution in [-0.4, -0.2) is 52.2 Å². The molecule has 34 heavy (non-hydrogen) atoms. The summed E-state index contributed by atoms with van der Waals surface area (Å²) in [6.45, 7) is 3.04. The summed E-state index contributed by atoms with van der Waals surface area (Å²) in [5.74, 6) is -1.72. The molecule has 0 bridgehead atoms. The first-order valence-corrected chi connectivity index (χ1v) is 10.8. The van der Waals surface area contributed by atoms with Gasteiger partial charge in [0.25, 0.3) is 5.91 Å². The summed E-state index contributed by atoms with van der Waals surface area (Å²) >= 11 is 0. The molecule has 0 fully saturated rings. The van der Waals surface area contributed by atoms with E-state index in [1.165, 1.54) is 39.2 Å². The topological polar surface area (TPSA) is 109 Å². The van der Waals surface area contributed by atoms with Crippen LogP contribution in [0.25, 0.3) is 11.1 Å². The molecule has 0 atom stereocenters. The Balaban J connectivity index is 1.39. The molecule has 1 aromatic heterocycles. The number of amides is 2. The molecular weight excluding hydrogens is 434 g/mol. The van der Waals surface area contributed by atoms with E-state index in [-0.39, 0.29) is 18.2 Å². The molecule has 174 valence electrons. The Bertz CT molecular complexity index is 1210. The number of carbonyl (C=O) groups excluding carboxylic acids is 2. The van der Waals surface area contributed by atoms with Crippen molar-refractivity contribution in [1.82, 2.24) is 9.88 Å². The number of rotatable bonds is 6. The molecule has 0 saturated heterocycles. The number of hydrogen-bond donors (Lipinski definition) is 2. The van der Waals surface area contributed by atoms with Crippen molar-refractivity contribution >= 4 is 23.7 Å². The third-order valence-corrected chi connectivity index (χ3v) is 6.24. The zero-order valence-corrected chi connectivity index (χ0v) is 19.1. The predicted molar refractivity (Wildman–Crippen MR) is 127 cm³/mol. The van der Waals surface area contributed by atoms with Crippen molar-refractivity contribution in [2.24, 2.45) is 0 Å². The van der Waals surface area contributed by atoms with Gasteiger partial charge in [-0.25, -0.2) is 14.6 Å². The van der Waals surface area contributed by atoms with E-state index >= 15 is 0 Å². The number of carboxylic acids is 1. The van der Waals surface area contributed by atoms with Gasteiger partial charge in [0, 0.05) is 13.0 Å². The molecule has 0 saturated carbocycles. The fraction of sp³-hybridized carbons (Fsp3) is 0.231. The molecule has 2 amide bonds. The van der Waals surface area contributed by atoms with Crippen LogP contribution in [0.5, 0.6) is 0 Å². The molecule has 4 rings (SSSR count). The molecule has 0 aliphatic heterocycles. The lowest BCUT2D eigenvalue weighted by Crippen LogP contribution is -2.50. The Kier molecular flexibility index (Phi) is 6.06. The lowest BCUT2D eigenvalue weighted by molar-refractivity contribution is -0.147. The van der Waals surface area contributed by atoms with Gasteiger partial charge in [0.2, 0.25) is 0 Å². The van der Waals surface area contributed by atoms with Crippen LogP contribution in [0.1, 0.15) is 41.4 Å². The standard InChI is InChI=1S/C26H25N3O5/c1-26(2,24(31)32)29(3)23(30)22-13-12-16(14-27-22)28-25(33)34-15-21-19-10-6-4-8-17(19)18-9-5-7-11-20(18)21/h4-14,21H,15H2,1-3H3,(H,28,33)(H,31,32). The summed E-state index contributed by atoms with van der Waals surface area (Å²) in [7, 11) is 1.40. The van der Waals surface area contributed by atoms with Gasteiger partial charge in [-0.1, -0.05) is 48.5 Å². The Morgan fingerprint density at radius 1 is 1.00 bits per heavy atom. The van der Waals surface area contributed by atoms with Gasteiger partial charge in [0.15, 0.2) is 0 Å². The number of anilines is 1. The Morgan fingerprint density at radius 3 is 2.12 bits per heavy atom. The summed E-state index contributed by atoms with van der Waals surface area (Å²) < 4.78 is 5.51. The van der Waals surface area contributed by atoms with Gasteiger partial charge >= 0.3 is 12.1 Å². The monoisotopic (exact) mass is 459 g/mol. The SMILES string of the molecule is CN(C(=O)c1ccc(NC(=O)OCC2c3ccccc3-c3ccccc32)cn1)C(C)(C)C(=O)O. The first-order valence-electron chi connectivity index (χ1n) is 10.8. The lowest BCUT2D eigenvalue weighted by atomic mass is 9.98. The number of carbonyl (C=O) groups is 3. The van der Waals surface area contributed by atoms with Crippen molar-refractivity contribution in [3.8, 4) is 11.1 Å². The molecule has 2 aromatic carbocycles. The van der Waals surface area contributed by atoms with Gasteiger partial charge in [-0.2, -0.15) is 0 Å². The van der Waals surface area contributed by atoms with E-state index in [1.807, 2.05) is 36.4 Å². The number of likely N-dealkylation sites (N-methyl/N-ethyl adjacent to an activating group) is 1. The van der Waals surface area contributed by atoms with Crippen molar-refractivity contribution in [2.75, 3.05) is 19.0 Å². The molecule has 1 heterocycles. The zero-order chi connectivity index (χ0) is 24.5. The second kappa shape index (κ2) is 8.97. The van der Waals surface area contributed by atoms with Crippen molar-refractivity contribution in [3.63, 3.8) is 0 Å². The maximum Gasteiger partial charge on any atom is 0.411 e. The van der Waals surface area contributed by atoms with E-state index in [0.29, 0.717) is 5.69 Å². The van der Waals surface area contributed by atoms with Crippen molar-refractivity contribution < 1.29 is 24.2 Å². The third-order valence-electron chi connectivity index (χ3n) is 6.24. The quantitative estimate of drug-likeness (QED) is 0.566. The van der Waals surface area contributed by atoms with Gasteiger partial charge in [-0.15, -0.1) is 0 Å². The number of carboxylic acid groups (broad SMARTS) is 1. The molecule has 8 nitrogen and oxygen atoms in total. The van der Waals surface area contributed by atoms with Gasteiger partial charge in [0.05, 0.1) is 11.9 Å². The van der Waals surface area contributed by atoms with E-state index in [2.05, 4.69) is 22.4 Å². The Hall–Kier alpha value is -4.20. The Labute approximate surface area is 197 Å². The molecular formula is C26H25N3O5. The minimum absolute atomic E-state index is 0.0515. The number of fused-ring (bicyclic) bond motifs is 3. The maximum atomic E-state index is 12.6. The summed E-state index contributed by atoms with van der Waals surface area (Å²) in [5.41, 5.74) is 3.56. The summed E-state index contributed by atoms with van der Waals surface area (Å²) in [6, 6.07) is 19.1. The van der Waals surface area contributed by atoms with Gasteiger partial charge in [-0.05, 0) is 48.2 Å². The van der Waals surface area contributed by atoms with Crippen LogP contribution in [0, 0.1) is 0 Å². The van der Waals surface area contributed by atoms with Crippen LogP contribution in [0.3, 0.4) is 0 Å². The normalized spacial score (nSPS) is 12.4. The highest BCUT2D eigenvalue weighted by Gasteiger charge is 2.36.